The Kier molecular flexibility index (Phi) is 7.03. The summed E-state index contributed by atoms with van der Waals surface area (Å²) in [6.07, 6.45) is -4.95. The van der Waals surface area contributed by atoms with Crippen molar-refractivity contribution in [2.45, 2.75) is 24.7 Å². The predicted molar refractivity (Wildman–Crippen MR) is 135 cm³/mol. The van der Waals surface area contributed by atoms with Crippen LogP contribution in [0, 0.1) is 0 Å². The van der Waals surface area contributed by atoms with Crippen LogP contribution in [-0.4, -0.2) is 64.7 Å². The van der Waals surface area contributed by atoms with Crippen LogP contribution in [0.3, 0.4) is 0 Å². The summed E-state index contributed by atoms with van der Waals surface area (Å²) < 4.78 is 45.3. The number of rotatable bonds is 6. The zero-order valence-corrected chi connectivity index (χ0v) is 20.6. The van der Waals surface area contributed by atoms with Crippen molar-refractivity contribution in [3.05, 3.63) is 59.1 Å². The maximum atomic E-state index is 13.5. The van der Waals surface area contributed by atoms with Gasteiger partial charge in [-0.25, -0.2) is 9.78 Å². The molecule has 2 atom stereocenters. The highest BCUT2D eigenvalue weighted by Crippen LogP contribution is 2.43. The number of urea groups is 1. The number of nitrogens with zero attached hydrogens (tertiary/aromatic N) is 4. The molecular weight excluding hydrogens is 527 g/mol. The summed E-state index contributed by atoms with van der Waals surface area (Å²) in [5.74, 6) is 0.602. The SMILES string of the molecule is O=C(Nc1cccc(OCC(O)CO)n1)N1c2nc(-c3cccc(C(F)(F)F)c3)c(Cl)cc2N2CC[C@H]1C2. The van der Waals surface area contributed by atoms with Gasteiger partial charge in [-0.1, -0.05) is 29.8 Å². The quantitative estimate of drug-likeness (QED) is 0.423. The Morgan fingerprint density at radius 2 is 2.00 bits per heavy atom. The molecule has 2 aliphatic rings. The first-order valence-corrected chi connectivity index (χ1v) is 12.1. The molecule has 38 heavy (non-hydrogen) atoms. The number of nitrogens with one attached hydrogen (secondary N) is 1. The average molecular weight is 550 g/mol. The van der Waals surface area contributed by atoms with Gasteiger partial charge in [0, 0.05) is 24.7 Å². The number of fused-ring (bicyclic) bond motifs is 4. The Labute approximate surface area is 220 Å². The molecule has 3 N–H and O–H groups in total. The fourth-order valence-electron chi connectivity index (χ4n) is 4.50. The van der Waals surface area contributed by atoms with Crippen LogP contribution >= 0.6 is 11.6 Å². The number of aliphatic hydroxyl groups excluding tert-OH is 2. The molecule has 0 saturated carbocycles. The van der Waals surface area contributed by atoms with Crippen molar-refractivity contribution in [1.82, 2.24) is 9.97 Å². The number of ether oxygens (including phenoxy) is 1. The lowest BCUT2D eigenvalue weighted by molar-refractivity contribution is -0.137. The highest BCUT2D eigenvalue weighted by Gasteiger charge is 2.41. The number of carbonyl (C=O) groups is 1. The van der Waals surface area contributed by atoms with Crippen molar-refractivity contribution in [3.63, 3.8) is 0 Å². The van der Waals surface area contributed by atoms with E-state index in [0.29, 0.717) is 25.2 Å². The summed E-state index contributed by atoms with van der Waals surface area (Å²) in [6, 6.07) is 10.3. The maximum Gasteiger partial charge on any atom is 0.416 e. The van der Waals surface area contributed by atoms with E-state index in [4.69, 9.17) is 21.4 Å². The number of carbonyl (C=O) groups excluding carboxylic acids is 1. The number of alkyl halides is 3. The largest absolute Gasteiger partial charge is 0.475 e. The number of aliphatic hydroxyl groups is 2. The van der Waals surface area contributed by atoms with Crippen molar-refractivity contribution in [1.29, 1.82) is 0 Å². The van der Waals surface area contributed by atoms with Crippen molar-refractivity contribution in [2.75, 3.05) is 41.4 Å². The molecule has 2 aromatic heterocycles. The molecule has 1 saturated heterocycles. The van der Waals surface area contributed by atoms with E-state index in [1.165, 1.54) is 23.1 Å². The molecule has 13 heteroatoms. The molecule has 9 nitrogen and oxygen atoms in total. The van der Waals surface area contributed by atoms with Gasteiger partial charge in [-0.3, -0.25) is 10.2 Å². The fraction of sp³-hybridized carbons (Fsp3) is 0.320. The smallest absolute Gasteiger partial charge is 0.416 e. The Bertz CT molecular complexity index is 1360. The van der Waals surface area contributed by atoms with Crippen LogP contribution in [0.2, 0.25) is 5.02 Å². The minimum absolute atomic E-state index is 0.132. The molecule has 1 aromatic carbocycles. The van der Waals surface area contributed by atoms with E-state index in [-0.39, 0.29) is 46.4 Å². The number of amides is 2. The molecule has 4 heterocycles. The molecule has 1 unspecified atom stereocenters. The van der Waals surface area contributed by atoms with E-state index >= 15 is 0 Å². The monoisotopic (exact) mass is 549 g/mol. The number of hydrogen-bond acceptors (Lipinski definition) is 7. The third-order valence-corrected chi connectivity index (χ3v) is 6.60. The second-order valence-corrected chi connectivity index (χ2v) is 9.34. The van der Waals surface area contributed by atoms with Crippen LogP contribution < -0.4 is 19.9 Å². The lowest BCUT2D eigenvalue weighted by Crippen LogP contribution is -2.48. The Balaban J connectivity index is 1.46. The van der Waals surface area contributed by atoms with Gasteiger partial charge in [0.05, 0.1) is 34.6 Å². The first-order valence-electron chi connectivity index (χ1n) is 11.8. The van der Waals surface area contributed by atoms with Crippen LogP contribution in [0.5, 0.6) is 5.88 Å². The van der Waals surface area contributed by atoms with Gasteiger partial charge in [0.1, 0.15) is 18.5 Å². The summed E-state index contributed by atoms with van der Waals surface area (Å²) in [6.45, 7) is 0.568. The first kappa shape index (κ1) is 26.0. The van der Waals surface area contributed by atoms with E-state index in [1.807, 2.05) is 4.90 Å². The molecule has 2 amide bonds. The van der Waals surface area contributed by atoms with Crippen LogP contribution in [0.15, 0.2) is 48.5 Å². The normalized spacial score (nSPS) is 17.3. The molecule has 2 bridgehead atoms. The second-order valence-electron chi connectivity index (χ2n) is 8.94. The van der Waals surface area contributed by atoms with Gasteiger partial charge >= 0.3 is 12.2 Å². The highest BCUT2D eigenvalue weighted by atomic mass is 35.5. The minimum atomic E-state index is -4.53. The van der Waals surface area contributed by atoms with E-state index in [2.05, 4.69) is 15.3 Å². The van der Waals surface area contributed by atoms with Crippen molar-refractivity contribution >= 4 is 35.0 Å². The van der Waals surface area contributed by atoms with E-state index in [9.17, 15) is 23.1 Å². The van der Waals surface area contributed by atoms with Gasteiger partial charge in [-0.15, -0.1) is 0 Å². The van der Waals surface area contributed by atoms with Crippen molar-refractivity contribution in [2.24, 2.45) is 0 Å². The van der Waals surface area contributed by atoms with Crippen molar-refractivity contribution in [3.8, 4) is 17.1 Å². The minimum Gasteiger partial charge on any atom is -0.475 e. The average Bonchev–Trinajstić information content (AvgIpc) is 3.31. The van der Waals surface area contributed by atoms with E-state index in [0.717, 1.165) is 12.1 Å². The highest BCUT2D eigenvalue weighted by molar-refractivity contribution is 6.33. The van der Waals surface area contributed by atoms with Gasteiger partial charge in [0.2, 0.25) is 5.88 Å². The zero-order valence-electron chi connectivity index (χ0n) is 19.8. The topological polar surface area (TPSA) is 111 Å². The van der Waals surface area contributed by atoms with Gasteiger partial charge in [-0.05, 0) is 30.7 Å². The lowest BCUT2D eigenvalue weighted by atomic mass is 10.1. The number of benzene rings is 1. The first-order chi connectivity index (χ1) is 18.1. The van der Waals surface area contributed by atoms with Gasteiger partial charge in [-0.2, -0.15) is 18.2 Å². The lowest BCUT2D eigenvalue weighted by Gasteiger charge is -2.36. The summed E-state index contributed by atoms with van der Waals surface area (Å²) in [5.41, 5.74) is 0.0895. The molecule has 1 fully saturated rings. The van der Waals surface area contributed by atoms with Gasteiger partial charge < -0.3 is 19.8 Å². The predicted octanol–water partition coefficient (Wildman–Crippen LogP) is 4.18. The Morgan fingerprint density at radius 3 is 2.76 bits per heavy atom. The molecule has 0 spiro atoms. The molecule has 5 rings (SSSR count). The maximum absolute atomic E-state index is 13.5. The summed E-state index contributed by atoms with van der Waals surface area (Å²) in [7, 11) is 0. The molecule has 3 aromatic rings. The van der Waals surface area contributed by atoms with Crippen LogP contribution in [0.1, 0.15) is 12.0 Å². The van der Waals surface area contributed by atoms with Crippen molar-refractivity contribution < 1.29 is 32.9 Å². The van der Waals surface area contributed by atoms with Crippen LogP contribution in [0.4, 0.5) is 35.3 Å². The Morgan fingerprint density at radius 1 is 1.21 bits per heavy atom. The molecule has 2 aliphatic heterocycles. The zero-order chi connectivity index (χ0) is 27.0. The van der Waals surface area contributed by atoms with Gasteiger partial charge in [0.25, 0.3) is 0 Å². The number of halogens is 4. The Hall–Kier alpha value is -3.61. The second kappa shape index (κ2) is 10.3. The van der Waals surface area contributed by atoms with E-state index in [1.54, 1.807) is 18.2 Å². The molecular formula is C25H23ClF3N5O4. The number of hydrogen-bond donors (Lipinski definition) is 3. The fourth-order valence-corrected chi connectivity index (χ4v) is 4.75. The van der Waals surface area contributed by atoms with Crippen LogP contribution in [0.25, 0.3) is 11.3 Å². The number of pyridine rings is 2. The molecule has 0 radical (unpaired) electrons. The summed E-state index contributed by atoms with van der Waals surface area (Å²) in [5, 5.41) is 21.3. The third kappa shape index (κ3) is 5.19. The molecule has 0 aliphatic carbocycles. The van der Waals surface area contributed by atoms with Crippen LogP contribution in [-0.2, 0) is 6.18 Å². The third-order valence-electron chi connectivity index (χ3n) is 6.31. The molecule has 200 valence electrons. The standard InChI is InChI=1S/C25H23ClF3N5O4/c26-18-10-19-23(32-22(18)14-3-1-4-15(9-14)25(27,28)29)34(16-7-8-33(19)11-16)24(37)31-20-5-2-6-21(30-20)38-13-17(36)12-35/h1-6,9-10,16-17,35-36H,7-8,11-13H2,(H,30,31,37)/t16-,17?/m0/s1. The number of anilines is 3. The van der Waals surface area contributed by atoms with Gasteiger partial charge in [0.15, 0.2) is 5.82 Å². The van der Waals surface area contributed by atoms with E-state index < -0.39 is 30.5 Å². The number of aromatic nitrogens is 2. The summed E-state index contributed by atoms with van der Waals surface area (Å²) >= 11 is 6.49. The summed E-state index contributed by atoms with van der Waals surface area (Å²) in [4.78, 5) is 25.8.